The molecule has 5 rings (SSSR count). The Bertz CT molecular complexity index is 1440. The van der Waals surface area contributed by atoms with Crippen LogP contribution in [0.15, 0.2) is 53.7 Å². The number of methoxy groups -OCH3 is 1. The van der Waals surface area contributed by atoms with E-state index in [9.17, 15) is 8.42 Å². The van der Waals surface area contributed by atoms with Gasteiger partial charge in [-0.1, -0.05) is 22.9 Å². The molecule has 0 unspecified atom stereocenters. The summed E-state index contributed by atoms with van der Waals surface area (Å²) in [5.41, 5.74) is 3.99. The van der Waals surface area contributed by atoms with Crippen molar-refractivity contribution in [3.05, 3.63) is 59.9 Å². The molecule has 1 aliphatic rings. The Morgan fingerprint density at radius 2 is 1.68 bits per heavy atom. The minimum atomic E-state index is -3.61. The molecule has 2 aromatic carbocycles. The molecule has 0 radical (unpaired) electrons. The number of hydrogen-bond donors (Lipinski definition) is 0. The van der Waals surface area contributed by atoms with E-state index in [0.29, 0.717) is 48.9 Å². The second-order valence-corrected chi connectivity index (χ2v) is 10.2. The van der Waals surface area contributed by atoms with Crippen molar-refractivity contribution < 1.29 is 13.2 Å². The van der Waals surface area contributed by atoms with Crippen molar-refractivity contribution >= 4 is 27.0 Å². The van der Waals surface area contributed by atoms with Gasteiger partial charge in [0.05, 0.1) is 17.7 Å². The van der Waals surface area contributed by atoms with E-state index in [2.05, 4.69) is 20.3 Å². The average Bonchev–Trinajstić information content (AvgIpc) is 3.29. The molecule has 34 heavy (non-hydrogen) atoms. The Kier molecular flexibility index (Phi) is 5.66. The van der Waals surface area contributed by atoms with Crippen LogP contribution in [0, 0.1) is 13.8 Å². The van der Waals surface area contributed by atoms with Crippen molar-refractivity contribution in [2.24, 2.45) is 0 Å². The molecule has 0 spiro atoms. The van der Waals surface area contributed by atoms with Crippen LogP contribution in [0.2, 0.25) is 0 Å². The molecule has 11 heteroatoms. The number of fused-ring (bicyclic) bond motifs is 1. The molecule has 3 heterocycles. The van der Waals surface area contributed by atoms with Crippen LogP contribution in [0.25, 0.3) is 16.9 Å². The Morgan fingerprint density at radius 3 is 2.35 bits per heavy atom. The third kappa shape index (κ3) is 3.86. The number of nitrogens with zero attached hydrogens (tertiary/aromatic N) is 7. The number of benzene rings is 2. The minimum Gasteiger partial charge on any atom is -0.496 e. The first-order valence-corrected chi connectivity index (χ1v) is 12.4. The molecule has 0 aliphatic carbocycles. The summed E-state index contributed by atoms with van der Waals surface area (Å²) in [6.45, 7) is 5.50. The summed E-state index contributed by atoms with van der Waals surface area (Å²) in [5.74, 6) is 1.32. The van der Waals surface area contributed by atoms with Crippen LogP contribution in [-0.4, -0.2) is 71.0 Å². The van der Waals surface area contributed by atoms with Crippen LogP contribution in [0.3, 0.4) is 0 Å². The lowest BCUT2D eigenvalue weighted by molar-refractivity contribution is 0.383. The largest absolute Gasteiger partial charge is 0.496 e. The first-order chi connectivity index (χ1) is 16.4. The highest BCUT2D eigenvalue weighted by Gasteiger charge is 2.30. The molecule has 0 bridgehead atoms. The highest BCUT2D eigenvalue weighted by atomic mass is 32.2. The lowest BCUT2D eigenvalue weighted by Gasteiger charge is -2.34. The fourth-order valence-electron chi connectivity index (χ4n) is 4.13. The summed E-state index contributed by atoms with van der Waals surface area (Å²) in [7, 11) is -2.04. The fraction of sp³-hybridized carbons (Fsp3) is 0.304. The van der Waals surface area contributed by atoms with E-state index in [-0.39, 0.29) is 4.90 Å². The monoisotopic (exact) mass is 479 g/mol. The standard InChI is InChI=1S/C23H25N7O3S/c1-16-4-6-18(7-5-16)30-23-21(26-27-30)22(24-15-25-23)28-10-12-29(13-11-28)34(31,32)19-8-9-20(33-3)17(2)14-19/h4-9,14-15H,10-13H2,1-3H3. The van der Waals surface area contributed by atoms with E-state index in [1.807, 2.05) is 43.0 Å². The molecule has 0 N–H and O–H groups in total. The molecule has 0 atom stereocenters. The summed E-state index contributed by atoms with van der Waals surface area (Å²) >= 11 is 0. The summed E-state index contributed by atoms with van der Waals surface area (Å²) in [4.78, 5) is 11.1. The fourth-order valence-corrected chi connectivity index (χ4v) is 5.64. The number of anilines is 1. The number of hydrogen-bond acceptors (Lipinski definition) is 8. The molecular formula is C23H25N7O3S. The first kappa shape index (κ1) is 22.2. The van der Waals surface area contributed by atoms with Gasteiger partial charge in [-0.05, 0) is 49.7 Å². The van der Waals surface area contributed by atoms with Crippen molar-refractivity contribution in [1.82, 2.24) is 29.3 Å². The second kappa shape index (κ2) is 8.65. The predicted octanol–water partition coefficient (Wildman–Crippen LogP) is 2.35. The number of aryl methyl sites for hydroxylation is 2. The SMILES string of the molecule is COc1ccc(S(=O)(=O)N2CCN(c3ncnc4c3nnn4-c3ccc(C)cc3)CC2)cc1C. The Balaban J connectivity index is 1.37. The molecule has 2 aromatic heterocycles. The van der Waals surface area contributed by atoms with Gasteiger partial charge < -0.3 is 9.64 Å². The van der Waals surface area contributed by atoms with Gasteiger partial charge in [0.15, 0.2) is 17.0 Å². The van der Waals surface area contributed by atoms with Gasteiger partial charge in [0.25, 0.3) is 0 Å². The zero-order chi connectivity index (χ0) is 23.9. The zero-order valence-electron chi connectivity index (χ0n) is 19.2. The molecule has 176 valence electrons. The topological polar surface area (TPSA) is 106 Å². The van der Waals surface area contributed by atoms with Crippen LogP contribution < -0.4 is 9.64 Å². The molecule has 1 saturated heterocycles. The molecule has 0 amide bonds. The Labute approximate surface area is 197 Å². The predicted molar refractivity (Wildman–Crippen MR) is 128 cm³/mol. The van der Waals surface area contributed by atoms with E-state index in [4.69, 9.17) is 4.74 Å². The van der Waals surface area contributed by atoms with E-state index in [0.717, 1.165) is 16.8 Å². The van der Waals surface area contributed by atoms with Crippen LogP contribution in [-0.2, 0) is 10.0 Å². The van der Waals surface area contributed by atoms with Gasteiger partial charge >= 0.3 is 0 Å². The van der Waals surface area contributed by atoms with Gasteiger partial charge in [-0.15, -0.1) is 5.10 Å². The highest BCUT2D eigenvalue weighted by molar-refractivity contribution is 7.89. The van der Waals surface area contributed by atoms with Gasteiger partial charge in [-0.3, -0.25) is 0 Å². The normalized spacial score (nSPS) is 15.1. The lowest BCUT2D eigenvalue weighted by Crippen LogP contribution is -2.49. The number of aromatic nitrogens is 5. The number of ether oxygens (including phenoxy) is 1. The van der Waals surface area contributed by atoms with E-state index in [1.54, 1.807) is 30.0 Å². The molecule has 4 aromatic rings. The van der Waals surface area contributed by atoms with E-state index in [1.165, 1.54) is 10.6 Å². The molecule has 10 nitrogen and oxygen atoms in total. The summed E-state index contributed by atoms with van der Waals surface area (Å²) < 4.78 is 34.8. The highest BCUT2D eigenvalue weighted by Crippen LogP contribution is 2.27. The number of piperazine rings is 1. The average molecular weight is 480 g/mol. The van der Waals surface area contributed by atoms with E-state index >= 15 is 0 Å². The Morgan fingerprint density at radius 1 is 0.941 bits per heavy atom. The lowest BCUT2D eigenvalue weighted by atomic mass is 10.2. The smallest absolute Gasteiger partial charge is 0.243 e. The van der Waals surface area contributed by atoms with Crippen molar-refractivity contribution in [3.63, 3.8) is 0 Å². The zero-order valence-corrected chi connectivity index (χ0v) is 20.0. The third-order valence-corrected chi connectivity index (χ3v) is 7.93. The van der Waals surface area contributed by atoms with Crippen LogP contribution >= 0.6 is 0 Å². The van der Waals surface area contributed by atoms with Crippen molar-refractivity contribution in [3.8, 4) is 11.4 Å². The van der Waals surface area contributed by atoms with Gasteiger partial charge in [0.2, 0.25) is 10.0 Å². The van der Waals surface area contributed by atoms with Gasteiger partial charge in [0.1, 0.15) is 12.1 Å². The first-order valence-electron chi connectivity index (χ1n) is 10.9. The van der Waals surface area contributed by atoms with Crippen molar-refractivity contribution in [1.29, 1.82) is 0 Å². The van der Waals surface area contributed by atoms with Gasteiger partial charge in [-0.2, -0.15) is 8.99 Å². The maximum absolute atomic E-state index is 13.2. The third-order valence-electron chi connectivity index (χ3n) is 6.04. The molecule has 1 aliphatic heterocycles. The van der Waals surface area contributed by atoms with Crippen LogP contribution in [0.5, 0.6) is 5.75 Å². The minimum absolute atomic E-state index is 0.268. The number of sulfonamides is 1. The van der Waals surface area contributed by atoms with E-state index < -0.39 is 10.0 Å². The molecular weight excluding hydrogens is 454 g/mol. The summed E-state index contributed by atoms with van der Waals surface area (Å²) in [6.07, 6.45) is 1.50. The quantitative estimate of drug-likeness (QED) is 0.429. The van der Waals surface area contributed by atoms with Crippen molar-refractivity contribution in [2.75, 3.05) is 38.2 Å². The summed E-state index contributed by atoms with van der Waals surface area (Å²) in [5, 5.41) is 8.62. The maximum Gasteiger partial charge on any atom is 0.243 e. The maximum atomic E-state index is 13.2. The van der Waals surface area contributed by atoms with Crippen molar-refractivity contribution in [2.45, 2.75) is 18.7 Å². The molecule has 1 fully saturated rings. The Hall–Kier alpha value is -3.57. The summed E-state index contributed by atoms with van der Waals surface area (Å²) in [6, 6.07) is 12.9. The second-order valence-electron chi connectivity index (χ2n) is 8.23. The van der Waals surface area contributed by atoms with Crippen LogP contribution in [0.1, 0.15) is 11.1 Å². The number of rotatable bonds is 5. The van der Waals surface area contributed by atoms with Gasteiger partial charge in [-0.25, -0.2) is 18.4 Å². The van der Waals surface area contributed by atoms with Gasteiger partial charge in [0, 0.05) is 26.2 Å². The van der Waals surface area contributed by atoms with Crippen LogP contribution in [0.4, 0.5) is 5.82 Å². The molecule has 0 saturated carbocycles.